The number of rotatable bonds is 3. The monoisotopic (exact) mass is 384 g/mol. The minimum atomic E-state index is -0.580. The molecule has 0 saturated carbocycles. The van der Waals surface area contributed by atoms with E-state index in [1.807, 2.05) is 43.9 Å². The molecule has 2 aromatic carbocycles. The highest BCUT2D eigenvalue weighted by molar-refractivity contribution is 7.80. The molecule has 1 atom stereocenters. The number of anilines is 1. The molecule has 0 unspecified atom stereocenters. The summed E-state index contributed by atoms with van der Waals surface area (Å²) in [6, 6.07) is 11.5. The lowest BCUT2D eigenvalue weighted by molar-refractivity contribution is -0.136. The average molecular weight is 384 g/mol. The van der Waals surface area contributed by atoms with Crippen molar-refractivity contribution in [3.05, 3.63) is 76.2 Å². The van der Waals surface area contributed by atoms with E-state index in [4.69, 9.17) is 17.0 Å². The summed E-state index contributed by atoms with van der Waals surface area (Å²) in [5, 5.41) is 3.61. The van der Waals surface area contributed by atoms with Gasteiger partial charge in [0, 0.05) is 11.4 Å². The number of benzene rings is 2. The van der Waals surface area contributed by atoms with Gasteiger partial charge in [-0.3, -0.25) is 4.90 Å². The fourth-order valence-electron chi connectivity index (χ4n) is 3.23. The quantitative estimate of drug-likeness (QED) is 0.630. The number of ether oxygens (including phenoxy) is 1. The Labute approximate surface area is 163 Å². The van der Waals surface area contributed by atoms with Gasteiger partial charge in [-0.1, -0.05) is 18.2 Å². The fraction of sp³-hybridized carbons (Fsp3) is 0.238. The number of nitrogens with one attached hydrogen (secondary N) is 1. The Kier molecular flexibility index (Phi) is 5.28. The molecule has 1 aliphatic rings. The van der Waals surface area contributed by atoms with Crippen LogP contribution in [0.25, 0.3) is 0 Å². The molecule has 4 nitrogen and oxygen atoms in total. The largest absolute Gasteiger partial charge is 0.466 e. The summed E-state index contributed by atoms with van der Waals surface area (Å²) in [6.07, 6.45) is 0. The summed E-state index contributed by atoms with van der Waals surface area (Å²) >= 11 is 5.58. The van der Waals surface area contributed by atoms with E-state index in [0.29, 0.717) is 21.9 Å². The van der Waals surface area contributed by atoms with Crippen molar-refractivity contribution in [1.82, 2.24) is 5.32 Å². The van der Waals surface area contributed by atoms with E-state index in [0.717, 1.165) is 11.3 Å². The first-order valence-electron chi connectivity index (χ1n) is 8.56. The number of hydrogen-bond donors (Lipinski definition) is 1. The molecule has 1 aliphatic heterocycles. The third kappa shape index (κ3) is 3.57. The van der Waals surface area contributed by atoms with Gasteiger partial charge in [0.05, 0.1) is 18.7 Å². The van der Waals surface area contributed by atoms with E-state index < -0.39 is 12.0 Å². The van der Waals surface area contributed by atoms with Crippen molar-refractivity contribution < 1.29 is 13.9 Å². The molecule has 0 spiro atoms. The van der Waals surface area contributed by atoms with Crippen LogP contribution in [0.4, 0.5) is 10.1 Å². The van der Waals surface area contributed by atoms with E-state index in [1.54, 1.807) is 12.1 Å². The van der Waals surface area contributed by atoms with Crippen LogP contribution in [0, 0.1) is 19.7 Å². The van der Waals surface area contributed by atoms with Crippen molar-refractivity contribution in [2.75, 3.05) is 12.0 Å². The number of methoxy groups -OCH3 is 1. The third-order valence-corrected chi connectivity index (χ3v) is 5.12. The van der Waals surface area contributed by atoms with Crippen LogP contribution in [-0.4, -0.2) is 18.2 Å². The van der Waals surface area contributed by atoms with Crippen molar-refractivity contribution in [2.45, 2.75) is 26.8 Å². The highest BCUT2D eigenvalue weighted by Crippen LogP contribution is 2.34. The number of carbonyl (C=O) groups is 1. The summed E-state index contributed by atoms with van der Waals surface area (Å²) in [5.41, 5.74) is 4.80. The second kappa shape index (κ2) is 7.48. The second-order valence-electron chi connectivity index (χ2n) is 6.53. The molecule has 140 valence electrons. The Morgan fingerprint density at radius 2 is 1.89 bits per heavy atom. The van der Waals surface area contributed by atoms with Crippen LogP contribution >= 0.6 is 12.2 Å². The zero-order valence-electron chi connectivity index (χ0n) is 15.7. The highest BCUT2D eigenvalue weighted by Gasteiger charge is 2.35. The Morgan fingerprint density at radius 3 is 2.52 bits per heavy atom. The zero-order chi connectivity index (χ0) is 19.7. The van der Waals surface area contributed by atoms with E-state index in [2.05, 4.69) is 5.32 Å². The number of esters is 1. The smallest absolute Gasteiger partial charge is 0.337 e. The lowest BCUT2D eigenvalue weighted by Crippen LogP contribution is -2.48. The summed E-state index contributed by atoms with van der Waals surface area (Å²) in [4.78, 5) is 14.4. The third-order valence-electron chi connectivity index (χ3n) is 4.82. The molecule has 6 heteroatoms. The Hall–Kier alpha value is -2.73. The summed E-state index contributed by atoms with van der Waals surface area (Å²) in [7, 11) is 1.33. The lowest BCUT2D eigenvalue weighted by atomic mass is 9.94. The minimum Gasteiger partial charge on any atom is -0.466 e. The molecular weight excluding hydrogens is 363 g/mol. The number of allylic oxidation sites excluding steroid dienone is 1. The van der Waals surface area contributed by atoms with Gasteiger partial charge in [0.1, 0.15) is 5.82 Å². The first-order chi connectivity index (χ1) is 12.8. The van der Waals surface area contributed by atoms with Crippen molar-refractivity contribution in [3.63, 3.8) is 0 Å². The maximum absolute atomic E-state index is 13.7. The van der Waals surface area contributed by atoms with Crippen molar-refractivity contribution >= 4 is 29.0 Å². The number of thiocarbonyl (C=S) groups is 1. The summed E-state index contributed by atoms with van der Waals surface area (Å²) < 4.78 is 18.8. The van der Waals surface area contributed by atoms with Gasteiger partial charge in [-0.25, -0.2) is 9.18 Å². The molecule has 2 aromatic rings. The molecule has 0 saturated heterocycles. The van der Waals surface area contributed by atoms with Crippen molar-refractivity contribution in [1.29, 1.82) is 0 Å². The van der Waals surface area contributed by atoms with Gasteiger partial charge in [-0.15, -0.1) is 0 Å². The Balaban J connectivity index is 2.15. The first-order valence-corrected chi connectivity index (χ1v) is 8.96. The molecule has 3 rings (SSSR count). The molecular formula is C21H21FN2O2S. The average Bonchev–Trinajstić information content (AvgIpc) is 2.63. The highest BCUT2D eigenvalue weighted by atomic mass is 32.1. The normalized spacial score (nSPS) is 17.0. The molecule has 0 aromatic heterocycles. The Bertz CT molecular complexity index is 955. The van der Waals surface area contributed by atoms with Crippen LogP contribution < -0.4 is 10.2 Å². The van der Waals surface area contributed by atoms with Gasteiger partial charge in [-0.05, 0) is 73.9 Å². The summed E-state index contributed by atoms with van der Waals surface area (Å²) in [5.74, 6) is -0.857. The maximum atomic E-state index is 13.7. The number of halogens is 1. The molecule has 0 amide bonds. The molecule has 1 heterocycles. The van der Waals surface area contributed by atoms with Crippen LogP contribution in [0.15, 0.2) is 53.7 Å². The van der Waals surface area contributed by atoms with Crippen LogP contribution in [0.5, 0.6) is 0 Å². The van der Waals surface area contributed by atoms with E-state index >= 15 is 0 Å². The molecule has 27 heavy (non-hydrogen) atoms. The van der Waals surface area contributed by atoms with Gasteiger partial charge in [0.25, 0.3) is 0 Å². The molecule has 0 aliphatic carbocycles. The molecule has 0 fully saturated rings. The topological polar surface area (TPSA) is 41.6 Å². The standard InChI is InChI=1S/C21H21FN2O2S/c1-12-8-9-17(10-13(12)2)24-14(3)18(20(25)26-4)19(23-21(24)27)15-6-5-7-16(22)11-15/h5-11,19H,1-4H3,(H,23,27)/t19-/m0/s1. The van der Waals surface area contributed by atoms with E-state index in [9.17, 15) is 9.18 Å². The first kappa shape index (κ1) is 19.0. The van der Waals surface area contributed by atoms with Crippen molar-refractivity contribution in [2.24, 2.45) is 0 Å². The number of aryl methyl sites for hydroxylation is 2. The van der Waals surface area contributed by atoms with Crippen LogP contribution in [0.1, 0.15) is 29.7 Å². The maximum Gasteiger partial charge on any atom is 0.337 e. The van der Waals surface area contributed by atoms with E-state index in [1.165, 1.54) is 24.8 Å². The van der Waals surface area contributed by atoms with Crippen LogP contribution in [0.2, 0.25) is 0 Å². The number of carbonyl (C=O) groups excluding carboxylic acids is 1. The fourth-order valence-corrected chi connectivity index (χ4v) is 3.59. The molecule has 1 N–H and O–H groups in total. The van der Waals surface area contributed by atoms with Crippen LogP contribution in [0.3, 0.4) is 0 Å². The molecule has 0 bridgehead atoms. The van der Waals surface area contributed by atoms with Gasteiger partial charge >= 0.3 is 5.97 Å². The lowest BCUT2D eigenvalue weighted by Gasteiger charge is -2.37. The van der Waals surface area contributed by atoms with Crippen LogP contribution in [-0.2, 0) is 9.53 Å². The molecule has 0 radical (unpaired) electrons. The predicted molar refractivity (Wildman–Crippen MR) is 108 cm³/mol. The Morgan fingerprint density at radius 1 is 1.15 bits per heavy atom. The van der Waals surface area contributed by atoms with Gasteiger partial charge < -0.3 is 10.1 Å². The minimum absolute atomic E-state index is 0.376. The number of hydrogen-bond acceptors (Lipinski definition) is 3. The predicted octanol–water partition coefficient (Wildman–Crippen LogP) is 4.33. The van der Waals surface area contributed by atoms with E-state index in [-0.39, 0.29) is 5.82 Å². The summed E-state index contributed by atoms with van der Waals surface area (Å²) in [6.45, 7) is 5.88. The SMILES string of the molecule is COC(=O)C1=C(C)N(c2ccc(C)c(C)c2)C(=S)N[C@H]1c1cccc(F)c1. The van der Waals surface area contributed by atoms with Gasteiger partial charge in [-0.2, -0.15) is 0 Å². The van der Waals surface area contributed by atoms with Gasteiger partial charge in [0.15, 0.2) is 5.11 Å². The van der Waals surface area contributed by atoms with Gasteiger partial charge in [0.2, 0.25) is 0 Å². The van der Waals surface area contributed by atoms with Crippen molar-refractivity contribution in [3.8, 4) is 0 Å². The number of nitrogens with zero attached hydrogens (tertiary/aromatic N) is 1. The second-order valence-corrected chi connectivity index (χ2v) is 6.92. The zero-order valence-corrected chi connectivity index (χ0v) is 16.5.